The molecule has 2 aliphatic heterocycles. The molecule has 2 aromatic rings. The van der Waals surface area contributed by atoms with Gasteiger partial charge in [-0.25, -0.2) is 0 Å². The highest BCUT2D eigenvalue weighted by Crippen LogP contribution is 2.29. The number of rotatable bonds is 20. The Balaban J connectivity index is 1.35. The first-order valence-electron chi connectivity index (χ1n) is 17.0. The Labute approximate surface area is 278 Å². The normalized spacial score (nSPS) is 17.6. The van der Waals surface area contributed by atoms with Crippen molar-refractivity contribution in [3.05, 3.63) is 82.2 Å². The third-order valence-corrected chi connectivity index (χ3v) is 9.17. The molecule has 0 fully saturated rings. The van der Waals surface area contributed by atoms with Crippen LogP contribution in [0.15, 0.2) is 64.9 Å². The monoisotopic (exact) mass is 649 g/mol. The molecule has 2 aromatic carbocycles. The number of nitrogens with zero attached hydrogens (tertiary/aromatic N) is 1. The number of aryl methyl sites for hydroxylation is 1. The molecule has 4 rings (SSSR count). The fraction of sp³-hybridized carbons (Fsp3) is 0.514. The standard InChI is InChI=1S/C37H52N4O6/c1-3-5-6-8-30(35(46)18-29(43)7-4-2)33(44)13-9-24-10-14-34(45)36(15-24)47-23-41-20-31-28(19-40-32(31)21-41)17-27-16-25(37(38)39)11-12-26(27)22-42/h10-12,14-16,19-20,29-30,35,37,42-43,45-46H,3-9,13,17-18,21-23,38-39H2,1-2H3/p+1/t29-,30-,35-/m1/s1. The van der Waals surface area contributed by atoms with E-state index >= 15 is 0 Å². The number of hydrogen-bond donors (Lipinski definition) is 7. The van der Waals surface area contributed by atoms with E-state index in [-0.39, 0.29) is 37.7 Å². The van der Waals surface area contributed by atoms with Crippen LogP contribution in [0.25, 0.3) is 0 Å². The number of quaternary nitrogens is 1. The van der Waals surface area contributed by atoms with Crippen LogP contribution in [-0.2, 0) is 24.2 Å². The van der Waals surface area contributed by atoms with E-state index in [0.717, 1.165) is 69.7 Å². The molecule has 0 bridgehead atoms. The number of aliphatic hydroxyl groups is 3. The Morgan fingerprint density at radius 3 is 2.57 bits per heavy atom. The number of aromatic hydroxyl groups is 1. The van der Waals surface area contributed by atoms with Gasteiger partial charge in [-0.1, -0.05) is 63.8 Å². The number of nitrogens with one attached hydrogen (secondary N) is 1. The second-order valence-corrected chi connectivity index (χ2v) is 12.9. The van der Waals surface area contributed by atoms with Crippen LogP contribution < -0.4 is 21.1 Å². The Kier molecular flexibility index (Phi) is 13.7. The van der Waals surface area contributed by atoms with Crippen molar-refractivity contribution in [1.29, 1.82) is 0 Å². The van der Waals surface area contributed by atoms with Gasteiger partial charge in [0.15, 0.2) is 11.5 Å². The molecule has 0 aromatic heterocycles. The summed E-state index contributed by atoms with van der Waals surface area (Å²) in [6, 6.07) is 10.8. The van der Waals surface area contributed by atoms with Gasteiger partial charge in [0.25, 0.3) is 0 Å². The van der Waals surface area contributed by atoms with Gasteiger partial charge in [-0.3, -0.25) is 14.7 Å². The number of carbonyl (C=O) groups is 1. The molecule has 2 aliphatic rings. The molecule has 10 heteroatoms. The minimum absolute atomic E-state index is 0.000799. The molecule has 0 radical (unpaired) electrons. The molecule has 0 saturated carbocycles. The van der Waals surface area contributed by atoms with Crippen LogP contribution in [0.5, 0.6) is 11.5 Å². The largest absolute Gasteiger partial charge is 0.504 e. The number of ketones is 1. The third-order valence-electron chi connectivity index (χ3n) is 9.17. The van der Waals surface area contributed by atoms with Crippen molar-refractivity contribution in [2.45, 2.75) is 103 Å². The zero-order valence-corrected chi connectivity index (χ0v) is 27.8. The Hall–Kier alpha value is -3.38. The smallest absolute Gasteiger partial charge is 0.227 e. The molecule has 1 unspecified atom stereocenters. The fourth-order valence-electron chi connectivity index (χ4n) is 6.41. The molecular formula is C37H53N4O6+. The Bertz CT molecular complexity index is 1450. The van der Waals surface area contributed by atoms with Gasteiger partial charge in [-0.05, 0) is 65.6 Å². The fourth-order valence-corrected chi connectivity index (χ4v) is 6.41. The van der Waals surface area contributed by atoms with E-state index in [2.05, 4.69) is 18.1 Å². The van der Waals surface area contributed by atoms with Gasteiger partial charge in [0.1, 0.15) is 24.2 Å². The minimum Gasteiger partial charge on any atom is -0.504 e. The lowest BCUT2D eigenvalue weighted by atomic mass is 9.85. The first kappa shape index (κ1) is 36.5. The van der Waals surface area contributed by atoms with E-state index in [1.807, 2.05) is 31.3 Å². The number of aliphatic imine (C=N–C) groups is 1. The molecular weight excluding hydrogens is 596 g/mol. The van der Waals surface area contributed by atoms with E-state index in [1.165, 1.54) is 0 Å². The van der Waals surface area contributed by atoms with Gasteiger partial charge in [-0.15, -0.1) is 0 Å². The molecule has 0 aliphatic carbocycles. The summed E-state index contributed by atoms with van der Waals surface area (Å²) in [6.07, 6.45) is 8.34. The summed E-state index contributed by atoms with van der Waals surface area (Å²) in [7, 11) is 0. The van der Waals surface area contributed by atoms with Crippen molar-refractivity contribution < 1.29 is 34.9 Å². The third kappa shape index (κ3) is 10.1. The lowest BCUT2D eigenvalue weighted by Gasteiger charge is -2.24. The molecule has 0 spiro atoms. The molecule has 2 heterocycles. The molecule has 4 atom stereocenters. The predicted molar refractivity (Wildman–Crippen MR) is 183 cm³/mol. The molecule has 47 heavy (non-hydrogen) atoms. The zero-order valence-electron chi connectivity index (χ0n) is 27.8. The maximum Gasteiger partial charge on any atom is 0.227 e. The highest BCUT2D eigenvalue weighted by molar-refractivity contribution is 6.08. The zero-order chi connectivity index (χ0) is 33.9. The number of Topliss-reactive ketones (excluding diaryl/α,β-unsaturated/α-hetero) is 1. The van der Waals surface area contributed by atoms with Gasteiger partial charge in [0, 0.05) is 25.0 Å². The molecule has 9 N–H and O–H groups in total. The number of allylic oxidation sites excluding steroid dienone is 1. The van der Waals surface area contributed by atoms with Crippen LogP contribution in [0.2, 0.25) is 0 Å². The lowest BCUT2D eigenvalue weighted by molar-refractivity contribution is -0.851. The van der Waals surface area contributed by atoms with Crippen molar-refractivity contribution in [2.24, 2.45) is 22.4 Å². The second kappa shape index (κ2) is 17.7. The highest BCUT2D eigenvalue weighted by Gasteiger charge is 2.31. The summed E-state index contributed by atoms with van der Waals surface area (Å²) in [6.45, 7) is 4.93. The maximum absolute atomic E-state index is 13.3. The van der Waals surface area contributed by atoms with Crippen molar-refractivity contribution in [3.8, 4) is 11.5 Å². The maximum atomic E-state index is 13.3. The number of unbranched alkanes of at least 4 members (excludes halogenated alkanes) is 2. The average Bonchev–Trinajstić information content (AvgIpc) is 3.63. The summed E-state index contributed by atoms with van der Waals surface area (Å²) in [5, 5.41) is 41.5. The number of aliphatic hydroxyl groups excluding tert-OH is 3. The topological polar surface area (TPSA) is 176 Å². The lowest BCUT2D eigenvalue weighted by Crippen LogP contribution is -3.07. The first-order valence-corrected chi connectivity index (χ1v) is 17.0. The number of hydrogen-bond acceptors (Lipinski definition) is 9. The first-order chi connectivity index (χ1) is 22.6. The Morgan fingerprint density at radius 2 is 1.85 bits per heavy atom. The molecule has 256 valence electrons. The van der Waals surface area contributed by atoms with E-state index in [4.69, 9.17) is 16.2 Å². The Morgan fingerprint density at radius 1 is 1.04 bits per heavy atom. The van der Waals surface area contributed by atoms with E-state index in [9.17, 15) is 25.2 Å². The van der Waals surface area contributed by atoms with Crippen LogP contribution in [0, 0.1) is 5.92 Å². The van der Waals surface area contributed by atoms with Crippen LogP contribution in [-0.4, -0.2) is 57.4 Å². The van der Waals surface area contributed by atoms with Crippen LogP contribution in [0.3, 0.4) is 0 Å². The summed E-state index contributed by atoms with van der Waals surface area (Å²) < 4.78 is 6.06. The molecule has 10 nitrogen and oxygen atoms in total. The highest BCUT2D eigenvalue weighted by atomic mass is 16.5. The van der Waals surface area contributed by atoms with Crippen molar-refractivity contribution >= 4 is 11.5 Å². The number of fused-ring (bicyclic) bond motifs is 1. The quantitative estimate of drug-likeness (QED) is 0.0846. The molecule has 0 amide bonds. The second-order valence-electron chi connectivity index (χ2n) is 12.9. The number of nitrogens with two attached hydrogens (primary N) is 2. The number of benzene rings is 2. The van der Waals surface area contributed by atoms with E-state index in [1.54, 1.807) is 18.2 Å². The van der Waals surface area contributed by atoms with Crippen molar-refractivity contribution in [2.75, 3.05) is 13.3 Å². The number of ether oxygens (including phenoxy) is 1. The van der Waals surface area contributed by atoms with Gasteiger partial charge in [0.2, 0.25) is 6.73 Å². The summed E-state index contributed by atoms with van der Waals surface area (Å²) in [4.78, 5) is 18.9. The van der Waals surface area contributed by atoms with Crippen LogP contribution in [0.4, 0.5) is 0 Å². The van der Waals surface area contributed by atoms with Crippen molar-refractivity contribution in [3.63, 3.8) is 0 Å². The van der Waals surface area contributed by atoms with E-state index < -0.39 is 24.3 Å². The molecule has 0 saturated heterocycles. The predicted octanol–water partition coefficient (Wildman–Crippen LogP) is 3.11. The average molecular weight is 650 g/mol. The summed E-state index contributed by atoms with van der Waals surface area (Å²) in [5.74, 6) is -0.121. The van der Waals surface area contributed by atoms with Crippen molar-refractivity contribution in [1.82, 2.24) is 0 Å². The van der Waals surface area contributed by atoms with Gasteiger partial charge < -0.3 is 36.6 Å². The minimum atomic E-state index is -0.859. The SMILES string of the molecule is CCCCC[C@H](C(=O)CCc1ccc(O)c(OC[NH+]2C=C3C(Cc4cc(C(N)N)ccc4CO)=CN=C3C2)c1)[C@H](O)C[C@H](O)CCC. The number of phenolic OH excluding ortho intramolecular Hbond substituents is 1. The summed E-state index contributed by atoms with van der Waals surface area (Å²) in [5.41, 5.74) is 18.3. The van der Waals surface area contributed by atoms with Gasteiger partial charge in [-0.2, -0.15) is 0 Å². The number of phenols is 1. The van der Waals surface area contributed by atoms with Crippen LogP contribution in [0.1, 0.15) is 93.6 Å². The van der Waals surface area contributed by atoms with Gasteiger partial charge >= 0.3 is 0 Å². The number of carbonyl (C=O) groups excluding carboxylic acids is 1. The summed E-state index contributed by atoms with van der Waals surface area (Å²) >= 11 is 0. The van der Waals surface area contributed by atoms with E-state index in [0.29, 0.717) is 38.0 Å². The van der Waals surface area contributed by atoms with Gasteiger partial charge in [0.05, 0.1) is 30.6 Å². The van der Waals surface area contributed by atoms with Crippen LogP contribution >= 0.6 is 0 Å².